The molecule has 0 saturated carbocycles. The Bertz CT molecular complexity index is 835. The Balaban J connectivity index is 2.12. The van der Waals surface area contributed by atoms with Gasteiger partial charge in [-0.2, -0.15) is 0 Å². The van der Waals surface area contributed by atoms with Gasteiger partial charge in [-0.15, -0.1) is 4.83 Å². The van der Waals surface area contributed by atoms with Gasteiger partial charge in [-0.1, -0.05) is 51.1 Å². The van der Waals surface area contributed by atoms with Crippen molar-refractivity contribution in [3.8, 4) is 0 Å². The lowest BCUT2D eigenvalue weighted by molar-refractivity contribution is 0.0944. The monoisotopic (exact) mass is 346 g/mol. The first-order chi connectivity index (χ1) is 11.1. The molecule has 0 heterocycles. The Morgan fingerprint density at radius 2 is 1.54 bits per heavy atom. The highest BCUT2D eigenvalue weighted by Gasteiger charge is 2.18. The number of amides is 1. The lowest BCUT2D eigenvalue weighted by Gasteiger charge is -2.19. The van der Waals surface area contributed by atoms with Crippen molar-refractivity contribution in [1.82, 2.24) is 10.3 Å². The number of benzene rings is 2. The first-order valence-electron chi connectivity index (χ1n) is 7.59. The van der Waals surface area contributed by atoms with E-state index in [1.165, 1.54) is 12.1 Å². The number of sulfonamides is 1. The summed E-state index contributed by atoms with van der Waals surface area (Å²) in [6.07, 6.45) is 0. The lowest BCUT2D eigenvalue weighted by atomic mass is 9.87. The molecule has 2 aromatic carbocycles. The molecule has 24 heavy (non-hydrogen) atoms. The molecule has 1 amide bonds. The van der Waals surface area contributed by atoms with Crippen LogP contribution in [0.3, 0.4) is 0 Å². The Kier molecular flexibility index (Phi) is 5.11. The van der Waals surface area contributed by atoms with Crippen LogP contribution in [0.2, 0.25) is 0 Å². The van der Waals surface area contributed by atoms with Crippen molar-refractivity contribution in [2.45, 2.75) is 38.0 Å². The highest BCUT2D eigenvalue weighted by molar-refractivity contribution is 7.89. The number of carbonyl (C=O) groups excluding carboxylic acids is 1. The second kappa shape index (κ2) is 6.75. The third-order valence-electron chi connectivity index (χ3n) is 3.72. The fourth-order valence-corrected chi connectivity index (χ4v) is 3.04. The number of hydrogen-bond donors (Lipinski definition) is 2. The maximum atomic E-state index is 12.3. The number of rotatable bonds is 4. The molecule has 6 heteroatoms. The molecule has 2 aromatic rings. The van der Waals surface area contributed by atoms with Crippen molar-refractivity contribution < 1.29 is 13.2 Å². The molecular weight excluding hydrogens is 324 g/mol. The van der Waals surface area contributed by atoms with E-state index in [0.717, 1.165) is 11.1 Å². The summed E-state index contributed by atoms with van der Waals surface area (Å²) in [4.78, 5) is 14.3. The normalized spacial score (nSPS) is 12.0. The third-order valence-corrected chi connectivity index (χ3v) is 4.98. The quantitative estimate of drug-likeness (QED) is 0.836. The summed E-state index contributed by atoms with van der Waals surface area (Å²) in [5.74, 6) is -0.497. The van der Waals surface area contributed by atoms with Crippen LogP contribution in [-0.4, -0.2) is 14.3 Å². The zero-order valence-electron chi connectivity index (χ0n) is 14.3. The molecule has 0 fully saturated rings. The van der Waals surface area contributed by atoms with Gasteiger partial charge in [-0.25, -0.2) is 8.42 Å². The van der Waals surface area contributed by atoms with E-state index in [1.807, 2.05) is 6.07 Å². The molecule has 0 aliphatic carbocycles. The van der Waals surface area contributed by atoms with Crippen LogP contribution < -0.4 is 10.3 Å². The van der Waals surface area contributed by atoms with Crippen LogP contribution in [-0.2, 0) is 15.4 Å². The van der Waals surface area contributed by atoms with Crippen molar-refractivity contribution in [2.75, 3.05) is 0 Å². The van der Waals surface area contributed by atoms with Gasteiger partial charge in [0.2, 0.25) is 0 Å². The van der Waals surface area contributed by atoms with Gasteiger partial charge in [-0.3, -0.25) is 10.2 Å². The molecule has 0 bridgehead atoms. The second-order valence-electron chi connectivity index (χ2n) is 6.65. The highest BCUT2D eigenvalue weighted by Crippen LogP contribution is 2.23. The van der Waals surface area contributed by atoms with Crippen molar-refractivity contribution in [1.29, 1.82) is 0 Å². The molecule has 0 aliphatic rings. The van der Waals surface area contributed by atoms with Crippen LogP contribution in [0.4, 0.5) is 0 Å². The lowest BCUT2D eigenvalue weighted by Crippen LogP contribution is -2.41. The maximum absolute atomic E-state index is 12.3. The Labute approximate surface area is 143 Å². The molecule has 0 aliphatic heterocycles. The van der Waals surface area contributed by atoms with Gasteiger partial charge in [0.1, 0.15) is 0 Å². The zero-order valence-corrected chi connectivity index (χ0v) is 15.1. The predicted molar refractivity (Wildman–Crippen MR) is 94.1 cm³/mol. The fraction of sp³-hybridized carbons (Fsp3) is 0.278. The summed E-state index contributed by atoms with van der Waals surface area (Å²) in [5.41, 5.74) is 4.41. The van der Waals surface area contributed by atoms with Gasteiger partial charge in [-0.05, 0) is 41.7 Å². The number of aryl methyl sites for hydroxylation is 1. The summed E-state index contributed by atoms with van der Waals surface area (Å²) in [7, 11) is -3.82. The molecule has 0 aromatic heterocycles. The van der Waals surface area contributed by atoms with E-state index in [2.05, 4.69) is 31.0 Å². The molecule has 128 valence electrons. The molecule has 2 rings (SSSR count). The number of hydrazine groups is 1. The summed E-state index contributed by atoms with van der Waals surface area (Å²) < 4.78 is 24.6. The third kappa shape index (κ3) is 4.21. The van der Waals surface area contributed by atoms with Crippen LogP contribution in [0, 0.1) is 6.92 Å². The SMILES string of the molecule is Cc1ccccc1C(=O)NNS(=O)(=O)c1ccc(C(C)(C)C)cc1. The molecule has 0 saturated heterocycles. The zero-order chi connectivity index (χ0) is 18.0. The minimum Gasteiger partial charge on any atom is -0.273 e. The molecule has 0 unspecified atom stereocenters. The maximum Gasteiger partial charge on any atom is 0.266 e. The molecule has 0 spiro atoms. The summed E-state index contributed by atoms with van der Waals surface area (Å²) >= 11 is 0. The first-order valence-corrected chi connectivity index (χ1v) is 9.08. The van der Waals surface area contributed by atoms with Crippen molar-refractivity contribution >= 4 is 15.9 Å². The second-order valence-corrected chi connectivity index (χ2v) is 8.33. The van der Waals surface area contributed by atoms with Gasteiger partial charge in [0.05, 0.1) is 4.90 Å². The minimum atomic E-state index is -3.82. The largest absolute Gasteiger partial charge is 0.273 e. The summed E-state index contributed by atoms with van der Waals surface area (Å²) in [6, 6.07) is 13.6. The minimum absolute atomic E-state index is 0.0607. The number of hydrogen-bond acceptors (Lipinski definition) is 3. The highest BCUT2D eigenvalue weighted by atomic mass is 32.2. The fourth-order valence-electron chi connectivity index (χ4n) is 2.20. The van der Waals surface area contributed by atoms with Gasteiger partial charge in [0.15, 0.2) is 0 Å². The van der Waals surface area contributed by atoms with Crippen molar-refractivity contribution in [3.05, 3.63) is 65.2 Å². The van der Waals surface area contributed by atoms with E-state index in [9.17, 15) is 13.2 Å². The Hall–Kier alpha value is -2.18. The van der Waals surface area contributed by atoms with Crippen LogP contribution in [0.5, 0.6) is 0 Å². The van der Waals surface area contributed by atoms with Gasteiger partial charge in [0.25, 0.3) is 15.9 Å². The van der Waals surface area contributed by atoms with E-state index in [4.69, 9.17) is 0 Å². The van der Waals surface area contributed by atoms with E-state index in [0.29, 0.717) is 5.56 Å². The molecule has 0 atom stereocenters. The first kappa shape index (κ1) is 18.2. The van der Waals surface area contributed by atoms with Crippen LogP contribution in [0.25, 0.3) is 0 Å². The average Bonchev–Trinajstić information content (AvgIpc) is 2.52. The Morgan fingerprint density at radius 3 is 2.08 bits per heavy atom. The van der Waals surface area contributed by atoms with Crippen LogP contribution in [0.15, 0.2) is 53.4 Å². The Morgan fingerprint density at radius 1 is 0.958 bits per heavy atom. The van der Waals surface area contributed by atoms with Gasteiger partial charge < -0.3 is 0 Å². The number of carbonyl (C=O) groups is 1. The van der Waals surface area contributed by atoms with Crippen molar-refractivity contribution in [3.63, 3.8) is 0 Å². The average molecular weight is 346 g/mol. The smallest absolute Gasteiger partial charge is 0.266 e. The van der Waals surface area contributed by atoms with Crippen molar-refractivity contribution in [2.24, 2.45) is 0 Å². The molecule has 5 nitrogen and oxygen atoms in total. The van der Waals surface area contributed by atoms with E-state index < -0.39 is 15.9 Å². The molecular formula is C18H22N2O3S. The summed E-state index contributed by atoms with van der Waals surface area (Å²) in [5, 5.41) is 0. The van der Waals surface area contributed by atoms with Crippen LogP contribution >= 0.6 is 0 Å². The number of nitrogens with one attached hydrogen (secondary N) is 2. The van der Waals surface area contributed by atoms with E-state index in [-0.39, 0.29) is 10.3 Å². The van der Waals surface area contributed by atoms with Crippen LogP contribution in [0.1, 0.15) is 42.3 Å². The predicted octanol–water partition coefficient (Wildman–Crippen LogP) is 2.92. The van der Waals surface area contributed by atoms with Gasteiger partial charge >= 0.3 is 0 Å². The molecule has 0 radical (unpaired) electrons. The van der Waals surface area contributed by atoms with Gasteiger partial charge in [0, 0.05) is 5.56 Å². The van der Waals surface area contributed by atoms with E-state index >= 15 is 0 Å². The van der Waals surface area contributed by atoms with E-state index in [1.54, 1.807) is 37.3 Å². The standard InChI is InChI=1S/C18H22N2O3S/c1-13-7-5-6-8-16(13)17(21)19-20-24(22,23)15-11-9-14(10-12-15)18(2,3)4/h5-12,20H,1-4H3,(H,19,21). The topological polar surface area (TPSA) is 75.3 Å². The molecule has 2 N–H and O–H groups in total. The summed E-state index contributed by atoms with van der Waals surface area (Å²) in [6.45, 7) is 7.94.